The molecule has 0 unspecified atom stereocenters. The van der Waals surface area contributed by atoms with Gasteiger partial charge < -0.3 is 30.5 Å². The summed E-state index contributed by atoms with van der Waals surface area (Å²) < 4.78 is 56.7. The Balaban J connectivity index is 1.17. The second-order valence-electron chi connectivity index (χ2n) is 11.9. The van der Waals surface area contributed by atoms with Crippen molar-refractivity contribution in [3.8, 4) is 6.01 Å². The van der Waals surface area contributed by atoms with Crippen LogP contribution >= 0.6 is 11.6 Å². The SMILES string of the molecule is CN(CCCN(C)C(=O)c1ccc(Nc2nc(NC3(c4ccc(Cl)cc4)CC3)nc(OCC(F)(F)F)n2)cc1)C(=O)C(=O)Nc1ccc(F)cc1. The summed E-state index contributed by atoms with van der Waals surface area (Å²) in [6, 6.07) is 17.9. The van der Waals surface area contributed by atoms with Crippen molar-refractivity contribution in [3.05, 3.63) is 94.8 Å². The van der Waals surface area contributed by atoms with E-state index < -0.39 is 42.0 Å². The van der Waals surface area contributed by atoms with Gasteiger partial charge in [-0.2, -0.15) is 28.1 Å². The number of likely N-dealkylation sites (N-methyl/N-ethyl adjacent to an activating group) is 1. The zero-order valence-electron chi connectivity index (χ0n) is 27.4. The number of ether oxygens (including phenoxy) is 1. The minimum absolute atomic E-state index is 0.00593. The van der Waals surface area contributed by atoms with Gasteiger partial charge in [-0.3, -0.25) is 14.4 Å². The van der Waals surface area contributed by atoms with Crippen molar-refractivity contribution < 1.29 is 36.7 Å². The van der Waals surface area contributed by atoms with Crippen molar-refractivity contribution in [3.63, 3.8) is 0 Å². The Bertz CT molecular complexity index is 1860. The number of carbonyl (C=O) groups is 3. The molecule has 12 nitrogen and oxygen atoms in total. The van der Waals surface area contributed by atoms with Crippen molar-refractivity contribution in [2.45, 2.75) is 31.0 Å². The second-order valence-corrected chi connectivity index (χ2v) is 12.3. The molecule has 0 atom stereocenters. The Hall–Kier alpha value is -5.51. The monoisotopic (exact) mass is 728 g/mol. The quantitative estimate of drug-likeness (QED) is 0.112. The normalized spacial score (nSPS) is 13.2. The van der Waals surface area contributed by atoms with E-state index >= 15 is 0 Å². The van der Waals surface area contributed by atoms with Crippen molar-refractivity contribution >= 4 is 52.6 Å². The summed E-state index contributed by atoms with van der Waals surface area (Å²) in [6.45, 7) is -1.13. The molecule has 0 spiro atoms. The van der Waals surface area contributed by atoms with Gasteiger partial charge in [0.05, 0.1) is 5.54 Å². The third-order valence-electron chi connectivity index (χ3n) is 7.84. The molecule has 51 heavy (non-hydrogen) atoms. The van der Waals surface area contributed by atoms with Crippen molar-refractivity contribution in [1.82, 2.24) is 24.8 Å². The number of amides is 3. The van der Waals surface area contributed by atoms with Crippen molar-refractivity contribution in [2.75, 3.05) is 49.7 Å². The van der Waals surface area contributed by atoms with Gasteiger partial charge >= 0.3 is 24.0 Å². The predicted molar refractivity (Wildman–Crippen MR) is 181 cm³/mol. The molecule has 1 fully saturated rings. The van der Waals surface area contributed by atoms with E-state index in [4.69, 9.17) is 16.3 Å². The van der Waals surface area contributed by atoms with Crippen LogP contribution < -0.4 is 20.7 Å². The molecule has 3 N–H and O–H groups in total. The molecule has 4 aromatic rings. The first kappa shape index (κ1) is 36.8. The van der Waals surface area contributed by atoms with E-state index in [9.17, 15) is 31.9 Å². The largest absolute Gasteiger partial charge is 0.454 e. The van der Waals surface area contributed by atoms with Crippen LogP contribution in [-0.4, -0.2) is 82.4 Å². The van der Waals surface area contributed by atoms with Gasteiger partial charge in [0.1, 0.15) is 5.82 Å². The molecule has 0 bridgehead atoms. The number of benzene rings is 3. The summed E-state index contributed by atoms with van der Waals surface area (Å²) in [5.41, 5.74) is 1.45. The van der Waals surface area contributed by atoms with E-state index in [2.05, 4.69) is 30.9 Å². The molecule has 1 heterocycles. The molecule has 1 aromatic heterocycles. The van der Waals surface area contributed by atoms with Crippen LogP contribution in [0.3, 0.4) is 0 Å². The number of nitrogens with one attached hydrogen (secondary N) is 3. The van der Waals surface area contributed by atoms with Gasteiger partial charge in [0.15, 0.2) is 6.61 Å². The van der Waals surface area contributed by atoms with Crippen LogP contribution in [0.5, 0.6) is 6.01 Å². The summed E-state index contributed by atoms with van der Waals surface area (Å²) >= 11 is 6.02. The number of hydrogen-bond donors (Lipinski definition) is 3. The Morgan fingerprint density at radius 3 is 2.08 bits per heavy atom. The Morgan fingerprint density at radius 2 is 1.45 bits per heavy atom. The van der Waals surface area contributed by atoms with Crippen LogP contribution in [0.1, 0.15) is 35.2 Å². The molecule has 1 saturated carbocycles. The van der Waals surface area contributed by atoms with Crippen LogP contribution in [-0.2, 0) is 15.1 Å². The van der Waals surface area contributed by atoms with Gasteiger partial charge in [-0.25, -0.2) is 4.39 Å². The van der Waals surface area contributed by atoms with E-state index in [0.717, 1.165) is 30.5 Å². The van der Waals surface area contributed by atoms with E-state index in [-0.39, 0.29) is 36.6 Å². The minimum Gasteiger partial charge on any atom is -0.454 e. The van der Waals surface area contributed by atoms with Crippen LogP contribution in [0, 0.1) is 5.82 Å². The summed E-state index contributed by atoms with van der Waals surface area (Å²) in [5.74, 6) is -2.52. The zero-order chi connectivity index (χ0) is 36.8. The highest BCUT2D eigenvalue weighted by atomic mass is 35.5. The standard InChI is InChI=1S/C34H33ClF4N8O4/c1-46(18-3-19-47(2)29(50)27(48)40-25-14-10-24(36)11-15-25)28(49)21-4-12-26(13-5-21)41-30-42-31(44-32(43-30)51-20-34(37,38)39)45-33(16-17-33)22-6-8-23(35)9-7-22/h4-15H,3,16-20H2,1-2H3,(H,40,48)(H2,41,42,43,44,45). The van der Waals surface area contributed by atoms with Gasteiger partial charge in [0.25, 0.3) is 5.91 Å². The summed E-state index contributed by atoms with van der Waals surface area (Å²) in [6.07, 6.45) is -2.77. The van der Waals surface area contributed by atoms with Gasteiger partial charge in [-0.15, -0.1) is 0 Å². The molecule has 3 aromatic carbocycles. The fraction of sp³-hybridized carbons (Fsp3) is 0.294. The number of alkyl halides is 3. The lowest BCUT2D eigenvalue weighted by Crippen LogP contribution is -2.38. The molecule has 268 valence electrons. The third kappa shape index (κ3) is 10.3. The third-order valence-corrected chi connectivity index (χ3v) is 8.09. The highest BCUT2D eigenvalue weighted by molar-refractivity contribution is 6.39. The number of aromatic nitrogens is 3. The summed E-state index contributed by atoms with van der Waals surface area (Å²) in [4.78, 5) is 52.8. The number of halogens is 5. The highest BCUT2D eigenvalue weighted by Gasteiger charge is 2.45. The molecule has 3 amide bonds. The van der Waals surface area contributed by atoms with E-state index in [1.165, 1.54) is 29.0 Å². The molecule has 0 saturated heterocycles. The molecule has 0 aliphatic heterocycles. The molecule has 17 heteroatoms. The number of anilines is 4. The van der Waals surface area contributed by atoms with Crippen molar-refractivity contribution in [1.29, 1.82) is 0 Å². The topological polar surface area (TPSA) is 142 Å². The van der Waals surface area contributed by atoms with Gasteiger partial charge in [0, 0.05) is 49.1 Å². The van der Waals surface area contributed by atoms with E-state index in [0.29, 0.717) is 22.7 Å². The Morgan fingerprint density at radius 1 is 0.843 bits per heavy atom. The fourth-order valence-corrected chi connectivity index (χ4v) is 5.08. The zero-order valence-corrected chi connectivity index (χ0v) is 28.2. The number of hydrogen-bond acceptors (Lipinski definition) is 9. The van der Waals surface area contributed by atoms with Crippen LogP contribution in [0.4, 0.5) is 40.8 Å². The molecular weight excluding hydrogens is 696 g/mol. The Labute approximate surface area is 295 Å². The average molecular weight is 729 g/mol. The Kier molecular flexibility index (Phi) is 11.2. The van der Waals surface area contributed by atoms with Crippen LogP contribution in [0.2, 0.25) is 5.02 Å². The molecule has 1 aliphatic carbocycles. The lowest BCUT2D eigenvalue weighted by Gasteiger charge is -2.21. The maximum absolute atomic E-state index is 13.1. The summed E-state index contributed by atoms with van der Waals surface area (Å²) in [5, 5.41) is 9.10. The average Bonchev–Trinajstić information content (AvgIpc) is 3.88. The lowest BCUT2D eigenvalue weighted by atomic mass is 10.1. The second kappa shape index (κ2) is 15.6. The highest BCUT2D eigenvalue weighted by Crippen LogP contribution is 2.48. The summed E-state index contributed by atoms with van der Waals surface area (Å²) in [7, 11) is 3.05. The maximum atomic E-state index is 13.1. The smallest absolute Gasteiger partial charge is 0.422 e. The number of rotatable bonds is 13. The fourth-order valence-electron chi connectivity index (χ4n) is 4.96. The van der Waals surface area contributed by atoms with Gasteiger partial charge in [0.2, 0.25) is 11.9 Å². The first-order valence-electron chi connectivity index (χ1n) is 15.6. The van der Waals surface area contributed by atoms with Crippen LogP contribution in [0.25, 0.3) is 0 Å². The van der Waals surface area contributed by atoms with Gasteiger partial charge in [-0.05, 0) is 85.5 Å². The predicted octanol–water partition coefficient (Wildman–Crippen LogP) is 6.01. The molecule has 5 rings (SSSR count). The number of nitrogens with zero attached hydrogens (tertiary/aromatic N) is 5. The lowest BCUT2D eigenvalue weighted by molar-refractivity contribution is -0.154. The van der Waals surface area contributed by atoms with Gasteiger partial charge in [-0.1, -0.05) is 23.7 Å². The molecular formula is C34H33ClF4N8O4. The van der Waals surface area contributed by atoms with Crippen molar-refractivity contribution in [2.24, 2.45) is 0 Å². The molecule has 0 radical (unpaired) electrons. The first-order valence-corrected chi connectivity index (χ1v) is 16.0. The number of carbonyl (C=O) groups excluding carboxylic acids is 3. The first-order chi connectivity index (χ1) is 24.2. The van der Waals surface area contributed by atoms with E-state index in [1.807, 2.05) is 12.1 Å². The van der Waals surface area contributed by atoms with Crippen LogP contribution in [0.15, 0.2) is 72.8 Å². The van der Waals surface area contributed by atoms with E-state index in [1.54, 1.807) is 43.4 Å². The maximum Gasteiger partial charge on any atom is 0.422 e. The minimum atomic E-state index is -4.61. The molecule has 1 aliphatic rings.